The Balaban J connectivity index is -0.000000108. The third-order valence-electron chi connectivity index (χ3n) is 2.05. The molecule has 6 unspecified atom stereocenters. The molecule has 0 aliphatic carbocycles. The summed E-state index contributed by atoms with van der Waals surface area (Å²) >= 11 is 0. The van der Waals surface area contributed by atoms with Crippen molar-refractivity contribution >= 4 is 0 Å². The van der Waals surface area contributed by atoms with Gasteiger partial charge in [-0.05, 0) is 60.8 Å². The number of hydrogen-bond acceptors (Lipinski definition) is 6. The molecule has 0 aromatic carbocycles. The fourth-order valence-corrected chi connectivity index (χ4v) is 1.48. The fourth-order valence-electron chi connectivity index (χ4n) is 1.48. The molecule has 0 aliphatic heterocycles. The van der Waals surface area contributed by atoms with Crippen molar-refractivity contribution in [3.63, 3.8) is 0 Å². The van der Waals surface area contributed by atoms with Gasteiger partial charge in [0.1, 0.15) is 0 Å². The summed E-state index contributed by atoms with van der Waals surface area (Å²) in [4.78, 5) is 0. The van der Waals surface area contributed by atoms with E-state index in [4.69, 9.17) is 30.6 Å². The van der Waals surface area contributed by atoms with Crippen LogP contribution >= 0.6 is 0 Å². The molecule has 6 N–H and O–H groups in total. The van der Waals surface area contributed by atoms with Crippen molar-refractivity contribution < 1.29 is 50.1 Å². The minimum absolute atomic E-state index is 0. The summed E-state index contributed by atoms with van der Waals surface area (Å²) in [6.45, 7) is 9.96. The van der Waals surface area contributed by atoms with Gasteiger partial charge in [-0.2, -0.15) is 0 Å². The largest absolute Gasteiger partial charge is 0.393 e. The standard InChI is InChI=1S/3C5H12O2.Rh/c3*1-4(6)3-5(2)7;/h3*4-7H,3H2,1-2H3;. The van der Waals surface area contributed by atoms with Gasteiger partial charge in [-0.15, -0.1) is 0 Å². The third kappa shape index (κ3) is 49.9. The van der Waals surface area contributed by atoms with E-state index in [1.807, 2.05) is 0 Å². The van der Waals surface area contributed by atoms with Gasteiger partial charge in [0.05, 0.1) is 36.6 Å². The molecule has 0 spiro atoms. The van der Waals surface area contributed by atoms with Crippen molar-refractivity contribution in [2.75, 3.05) is 0 Å². The number of aliphatic hydroxyl groups is 6. The normalized spacial score (nSPS) is 18.0. The molecular formula is C15H36O6Rh. The van der Waals surface area contributed by atoms with Crippen LogP contribution < -0.4 is 0 Å². The van der Waals surface area contributed by atoms with Crippen LogP contribution in [0.4, 0.5) is 0 Å². The van der Waals surface area contributed by atoms with Crippen LogP contribution in [0.25, 0.3) is 0 Å². The summed E-state index contributed by atoms with van der Waals surface area (Å²) in [6, 6.07) is 0. The number of hydrogen-bond donors (Lipinski definition) is 6. The molecule has 0 amide bonds. The van der Waals surface area contributed by atoms with E-state index in [9.17, 15) is 0 Å². The maximum atomic E-state index is 8.56. The van der Waals surface area contributed by atoms with E-state index in [2.05, 4.69) is 0 Å². The molecule has 0 rings (SSSR count). The topological polar surface area (TPSA) is 121 Å². The summed E-state index contributed by atoms with van der Waals surface area (Å²) in [5, 5.41) is 51.4. The second kappa shape index (κ2) is 19.4. The second-order valence-electron chi connectivity index (χ2n) is 5.80. The van der Waals surface area contributed by atoms with E-state index in [0.717, 1.165) is 0 Å². The van der Waals surface area contributed by atoms with Gasteiger partial charge in [0, 0.05) is 19.5 Å². The van der Waals surface area contributed by atoms with Crippen LogP contribution in [0.3, 0.4) is 0 Å². The summed E-state index contributed by atoms with van der Waals surface area (Å²) in [5.74, 6) is 0. The zero-order chi connectivity index (χ0) is 17.6. The Kier molecular flexibility index (Phi) is 26.7. The Labute approximate surface area is 148 Å². The molecule has 6 nitrogen and oxygen atoms in total. The minimum Gasteiger partial charge on any atom is -0.393 e. The number of rotatable bonds is 6. The zero-order valence-electron chi connectivity index (χ0n) is 14.6. The second-order valence-corrected chi connectivity index (χ2v) is 5.80. The first-order chi connectivity index (χ1) is 9.38. The van der Waals surface area contributed by atoms with Crippen LogP contribution in [0, 0.1) is 0 Å². The smallest absolute Gasteiger partial charge is 0.0536 e. The molecule has 0 aromatic heterocycles. The molecule has 0 aromatic rings. The van der Waals surface area contributed by atoms with Gasteiger partial charge >= 0.3 is 0 Å². The monoisotopic (exact) mass is 415 g/mol. The van der Waals surface area contributed by atoms with E-state index in [0.29, 0.717) is 19.3 Å². The van der Waals surface area contributed by atoms with E-state index < -0.39 is 0 Å². The maximum absolute atomic E-state index is 8.56. The molecule has 6 atom stereocenters. The summed E-state index contributed by atoms with van der Waals surface area (Å²) in [6.07, 6.45) is -0.833. The quantitative estimate of drug-likeness (QED) is 0.350. The summed E-state index contributed by atoms with van der Waals surface area (Å²) in [7, 11) is 0. The average Bonchev–Trinajstić information content (AvgIpc) is 2.10. The van der Waals surface area contributed by atoms with Gasteiger partial charge in [0.15, 0.2) is 0 Å². The third-order valence-corrected chi connectivity index (χ3v) is 2.05. The Morgan fingerprint density at radius 3 is 0.500 bits per heavy atom. The molecular weight excluding hydrogens is 379 g/mol. The molecule has 7 heteroatoms. The SMILES string of the molecule is CC(O)CC(C)O.CC(O)CC(C)O.CC(O)CC(C)O.[Rh]. The first-order valence-corrected chi connectivity index (χ1v) is 7.46. The molecule has 0 saturated heterocycles. The molecule has 1 radical (unpaired) electrons. The van der Waals surface area contributed by atoms with E-state index in [-0.39, 0.29) is 56.1 Å². The van der Waals surface area contributed by atoms with Crippen LogP contribution in [0.5, 0.6) is 0 Å². The molecule has 0 heterocycles. The van der Waals surface area contributed by atoms with Crippen molar-refractivity contribution in [2.24, 2.45) is 0 Å². The van der Waals surface area contributed by atoms with Gasteiger partial charge in [-0.3, -0.25) is 0 Å². The molecule has 0 bridgehead atoms. The van der Waals surface area contributed by atoms with Crippen molar-refractivity contribution in [3.05, 3.63) is 0 Å². The van der Waals surface area contributed by atoms with E-state index in [1.54, 1.807) is 41.5 Å². The molecule has 0 fully saturated rings. The van der Waals surface area contributed by atoms with Gasteiger partial charge in [-0.25, -0.2) is 0 Å². The van der Waals surface area contributed by atoms with Crippen molar-refractivity contribution in [1.29, 1.82) is 0 Å². The molecule has 22 heavy (non-hydrogen) atoms. The molecule has 0 saturated carbocycles. The van der Waals surface area contributed by atoms with Gasteiger partial charge < -0.3 is 30.6 Å². The van der Waals surface area contributed by atoms with Crippen LogP contribution in [0.2, 0.25) is 0 Å². The van der Waals surface area contributed by atoms with Crippen LogP contribution in [0.1, 0.15) is 60.8 Å². The van der Waals surface area contributed by atoms with Crippen LogP contribution in [0.15, 0.2) is 0 Å². The zero-order valence-corrected chi connectivity index (χ0v) is 16.2. The van der Waals surface area contributed by atoms with Gasteiger partial charge in [-0.1, -0.05) is 0 Å². The minimum atomic E-state index is -0.375. The predicted molar refractivity (Wildman–Crippen MR) is 83.9 cm³/mol. The van der Waals surface area contributed by atoms with E-state index in [1.165, 1.54) is 0 Å². The Hall–Kier alpha value is 0.383. The Morgan fingerprint density at radius 2 is 0.500 bits per heavy atom. The number of aliphatic hydroxyl groups excluding tert-OH is 6. The van der Waals surface area contributed by atoms with Crippen molar-refractivity contribution in [1.82, 2.24) is 0 Å². The average molecular weight is 415 g/mol. The Bertz CT molecular complexity index is 145. The maximum Gasteiger partial charge on any atom is 0.0536 e. The van der Waals surface area contributed by atoms with Crippen molar-refractivity contribution in [2.45, 2.75) is 97.4 Å². The van der Waals surface area contributed by atoms with Gasteiger partial charge in [0.2, 0.25) is 0 Å². The molecule has 0 aliphatic rings. The predicted octanol–water partition coefficient (Wildman–Crippen LogP) is 0.412. The van der Waals surface area contributed by atoms with Crippen LogP contribution in [-0.4, -0.2) is 67.3 Å². The fraction of sp³-hybridized carbons (Fsp3) is 1.00. The summed E-state index contributed by atoms with van der Waals surface area (Å²) in [5.41, 5.74) is 0. The first kappa shape index (κ1) is 30.3. The van der Waals surface area contributed by atoms with Crippen LogP contribution in [-0.2, 0) is 19.5 Å². The van der Waals surface area contributed by atoms with Gasteiger partial charge in [0.25, 0.3) is 0 Å². The molecule has 141 valence electrons. The summed E-state index contributed by atoms with van der Waals surface area (Å²) < 4.78 is 0. The van der Waals surface area contributed by atoms with E-state index >= 15 is 0 Å². The Morgan fingerprint density at radius 1 is 0.409 bits per heavy atom. The first-order valence-electron chi connectivity index (χ1n) is 7.46. The van der Waals surface area contributed by atoms with Crippen molar-refractivity contribution in [3.8, 4) is 0 Å².